The zero-order chi connectivity index (χ0) is 14.3. The Morgan fingerprint density at radius 1 is 1.24 bits per heavy atom. The first kappa shape index (κ1) is 13.7. The number of nitrogens with one attached hydrogen (secondary N) is 1. The van der Waals surface area contributed by atoms with Gasteiger partial charge in [0, 0.05) is 19.1 Å². The van der Waals surface area contributed by atoms with Crippen LogP contribution >= 0.6 is 0 Å². The fraction of sp³-hybridized carbons (Fsp3) is 0.667. The van der Waals surface area contributed by atoms with Crippen molar-refractivity contribution in [2.75, 3.05) is 26.2 Å². The van der Waals surface area contributed by atoms with E-state index in [2.05, 4.69) is 16.3 Å². The summed E-state index contributed by atoms with van der Waals surface area (Å²) in [4.78, 5) is 2.65. The minimum Gasteiger partial charge on any atom is -0.316 e. The van der Waals surface area contributed by atoms with Crippen LogP contribution in [0.3, 0.4) is 0 Å². The van der Waals surface area contributed by atoms with Crippen molar-refractivity contribution in [3.63, 3.8) is 0 Å². The molecule has 2 atom stereocenters. The highest BCUT2D eigenvalue weighted by Crippen LogP contribution is 2.43. The maximum atomic E-state index is 14.0. The normalized spacial score (nSPS) is 33.3. The van der Waals surface area contributed by atoms with E-state index in [1.165, 1.54) is 57.4 Å². The molecule has 2 unspecified atom stereocenters. The quantitative estimate of drug-likeness (QED) is 0.853. The molecule has 2 fully saturated rings. The number of benzene rings is 1. The van der Waals surface area contributed by atoms with Crippen LogP contribution in [0, 0.1) is 11.2 Å². The molecule has 21 heavy (non-hydrogen) atoms. The third-order valence-electron chi connectivity index (χ3n) is 5.87. The van der Waals surface area contributed by atoms with E-state index in [4.69, 9.17) is 0 Å². The van der Waals surface area contributed by atoms with E-state index in [0.717, 1.165) is 18.4 Å². The van der Waals surface area contributed by atoms with Crippen molar-refractivity contribution < 1.29 is 4.39 Å². The van der Waals surface area contributed by atoms with Crippen LogP contribution in [0.25, 0.3) is 0 Å². The van der Waals surface area contributed by atoms with Crippen molar-refractivity contribution >= 4 is 0 Å². The Hall–Kier alpha value is -0.930. The molecule has 0 radical (unpaired) electrons. The molecular weight excluding hydrogens is 263 g/mol. The molecule has 114 valence electrons. The first-order chi connectivity index (χ1) is 10.3. The number of fused-ring (bicyclic) bond motifs is 1. The van der Waals surface area contributed by atoms with E-state index in [1.807, 2.05) is 6.07 Å². The number of halogens is 1. The smallest absolute Gasteiger partial charge is 0.126 e. The van der Waals surface area contributed by atoms with Gasteiger partial charge in [-0.05, 0) is 74.2 Å². The van der Waals surface area contributed by atoms with Crippen molar-refractivity contribution in [1.29, 1.82) is 0 Å². The van der Waals surface area contributed by atoms with Crippen LogP contribution in [-0.2, 0) is 6.42 Å². The Morgan fingerprint density at radius 2 is 2.14 bits per heavy atom. The number of hydrogen-bond acceptors (Lipinski definition) is 2. The van der Waals surface area contributed by atoms with Crippen molar-refractivity contribution in [2.45, 2.75) is 44.6 Å². The van der Waals surface area contributed by atoms with Crippen LogP contribution in [0.5, 0.6) is 0 Å². The molecule has 1 aromatic carbocycles. The Bertz CT molecular complexity index is 516. The second-order valence-corrected chi connectivity index (χ2v) is 7.22. The molecule has 0 bridgehead atoms. The molecule has 0 amide bonds. The molecule has 2 nitrogen and oxygen atoms in total. The van der Waals surface area contributed by atoms with Crippen LogP contribution in [0.2, 0.25) is 0 Å². The van der Waals surface area contributed by atoms with E-state index in [-0.39, 0.29) is 5.82 Å². The first-order valence-corrected chi connectivity index (χ1v) is 8.50. The molecule has 0 aromatic heterocycles. The van der Waals surface area contributed by atoms with Crippen LogP contribution in [0.4, 0.5) is 4.39 Å². The van der Waals surface area contributed by atoms with Gasteiger partial charge in [0.25, 0.3) is 0 Å². The highest BCUT2D eigenvalue weighted by molar-refractivity contribution is 5.35. The highest BCUT2D eigenvalue weighted by Gasteiger charge is 2.40. The van der Waals surface area contributed by atoms with Crippen LogP contribution in [0.15, 0.2) is 18.2 Å². The summed E-state index contributed by atoms with van der Waals surface area (Å²) in [7, 11) is 0. The molecule has 3 aliphatic rings. The lowest BCUT2D eigenvalue weighted by atomic mass is 9.74. The molecule has 1 aliphatic carbocycles. The average molecular weight is 288 g/mol. The molecule has 1 N–H and O–H groups in total. The lowest BCUT2D eigenvalue weighted by Gasteiger charge is -2.47. The van der Waals surface area contributed by atoms with E-state index in [1.54, 1.807) is 6.07 Å². The van der Waals surface area contributed by atoms with E-state index in [9.17, 15) is 4.39 Å². The molecule has 0 saturated carbocycles. The predicted octanol–water partition coefficient (Wildman–Crippen LogP) is 3.28. The van der Waals surface area contributed by atoms with Gasteiger partial charge in [0.2, 0.25) is 0 Å². The van der Waals surface area contributed by atoms with Crippen molar-refractivity contribution in [1.82, 2.24) is 10.2 Å². The second-order valence-electron chi connectivity index (χ2n) is 7.22. The summed E-state index contributed by atoms with van der Waals surface area (Å²) in [6, 6.07) is 6.10. The maximum Gasteiger partial charge on any atom is 0.126 e. The molecular formula is C18H25FN2. The van der Waals surface area contributed by atoms with E-state index >= 15 is 0 Å². The minimum atomic E-state index is 0.000978. The van der Waals surface area contributed by atoms with Gasteiger partial charge in [-0.1, -0.05) is 12.1 Å². The zero-order valence-corrected chi connectivity index (χ0v) is 12.7. The third-order valence-corrected chi connectivity index (χ3v) is 5.87. The number of likely N-dealkylation sites (tertiary alicyclic amines) is 1. The minimum absolute atomic E-state index is 0.000978. The molecule has 1 spiro atoms. The van der Waals surface area contributed by atoms with Gasteiger partial charge in [0.15, 0.2) is 0 Å². The number of hydrogen-bond donors (Lipinski definition) is 1. The van der Waals surface area contributed by atoms with Crippen LogP contribution in [0.1, 0.15) is 49.3 Å². The van der Waals surface area contributed by atoms with Gasteiger partial charge >= 0.3 is 0 Å². The summed E-state index contributed by atoms with van der Waals surface area (Å²) in [5.74, 6) is 0.000978. The lowest BCUT2D eigenvalue weighted by Crippen LogP contribution is -2.51. The summed E-state index contributed by atoms with van der Waals surface area (Å²) < 4.78 is 14.0. The Balaban J connectivity index is 1.56. The summed E-state index contributed by atoms with van der Waals surface area (Å²) in [6.45, 7) is 4.73. The first-order valence-electron chi connectivity index (χ1n) is 8.50. The summed E-state index contributed by atoms with van der Waals surface area (Å²) >= 11 is 0. The SMILES string of the molecule is Fc1cccc2c1CCC2N1CCCC2(CCCNC2)C1. The number of piperidine rings is 2. The van der Waals surface area contributed by atoms with Crippen molar-refractivity contribution in [2.24, 2.45) is 5.41 Å². The van der Waals surface area contributed by atoms with Gasteiger partial charge in [0.1, 0.15) is 5.82 Å². The monoisotopic (exact) mass is 288 g/mol. The molecule has 3 heteroatoms. The lowest BCUT2D eigenvalue weighted by molar-refractivity contribution is 0.0371. The summed E-state index contributed by atoms with van der Waals surface area (Å²) in [5, 5.41) is 3.60. The van der Waals surface area contributed by atoms with Crippen LogP contribution in [-0.4, -0.2) is 31.1 Å². The summed E-state index contributed by atoms with van der Waals surface area (Å²) in [5.41, 5.74) is 2.71. The van der Waals surface area contributed by atoms with Crippen LogP contribution < -0.4 is 5.32 Å². The topological polar surface area (TPSA) is 15.3 Å². The Morgan fingerprint density at radius 3 is 3.00 bits per heavy atom. The van der Waals surface area contributed by atoms with Crippen molar-refractivity contribution in [3.05, 3.63) is 35.1 Å². The maximum absolute atomic E-state index is 14.0. The zero-order valence-electron chi connectivity index (χ0n) is 12.7. The third kappa shape index (κ3) is 2.40. The fourth-order valence-electron chi connectivity index (χ4n) is 4.86. The molecule has 2 heterocycles. The molecule has 2 aliphatic heterocycles. The van der Waals surface area contributed by atoms with Gasteiger partial charge in [-0.2, -0.15) is 0 Å². The number of rotatable bonds is 1. The van der Waals surface area contributed by atoms with Gasteiger partial charge in [-0.25, -0.2) is 4.39 Å². The Labute approximate surface area is 126 Å². The second kappa shape index (κ2) is 5.36. The predicted molar refractivity (Wildman–Crippen MR) is 82.8 cm³/mol. The average Bonchev–Trinajstić information content (AvgIpc) is 2.93. The van der Waals surface area contributed by atoms with E-state index in [0.29, 0.717) is 11.5 Å². The molecule has 4 rings (SSSR count). The summed E-state index contributed by atoms with van der Waals surface area (Å²) in [6.07, 6.45) is 7.33. The standard InChI is InChI=1S/C18H25FN2/c19-16-5-1-4-15-14(16)6-7-17(15)21-11-3-9-18(13-21)8-2-10-20-12-18/h1,4-5,17,20H,2-3,6-13H2. The van der Waals surface area contributed by atoms with E-state index < -0.39 is 0 Å². The highest BCUT2D eigenvalue weighted by atomic mass is 19.1. The molecule has 2 saturated heterocycles. The van der Waals surface area contributed by atoms with Gasteiger partial charge in [-0.15, -0.1) is 0 Å². The largest absolute Gasteiger partial charge is 0.316 e. The molecule has 1 aromatic rings. The van der Waals surface area contributed by atoms with Gasteiger partial charge < -0.3 is 5.32 Å². The van der Waals surface area contributed by atoms with Crippen molar-refractivity contribution in [3.8, 4) is 0 Å². The van der Waals surface area contributed by atoms with Gasteiger partial charge in [0.05, 0.1) is 0 Å². The fourth-order valence-corrected chi connectivity index (χ4v) is 4.86. The Kier molecular flexibility index (Phi) is 3.50. The van der Waals surface area contributed by atoms with Gasteiger partial charge in [-0.3, -0.25) is 4.90 Å². The number of nitrogens with zero attached hydrogens (tertiary/aromatic N) is 1.